The van der Waals surface area contributed by atoms with E-state index in [1.54, 1.807) is 12.1 Å². The monoisotopic (exact) mass is 445 g/mol. The zero-order valence-corrected chi connectivity index (χ0v) is 17.8. The summed E-state index contributed by atoms with van der Waals surface area (Å²) < 4.78 is 28.5. The van der Waals surface area contributed by atoms with E-state index in [-0.39, 0.29) is 22.0 Å². The molecule has 11 heteroatoms. The third kappa shape index (κ3) is 4.03. The Hall–Kier alpha value is -3.29. The van der Waals surface area contributed by atoms with Crippen LogP contribution < -0.4 is 9.75 Å². The molecule has 1 amide bonds. The number of nitriles is 1. The Labute approximate surface area is 177 Å². The van der Waals surface area contributed by atoms with Gasteiger partial charge in [-0.25, -0.2) is 8.42 Å². The van der Waals surface area contributed by atoms with Gasteiger partial charge in [-0.15, -0.1) is 0 Å². The van der Waals surface area contributed by atoms with Crippen LogP contribution in [0.2, 0.25) is 0 Å². The average molecular weight is 446 g/mol. The van der Waals surface area contributed by atoms with Gasteiger partial charge in [0.1, 0.15) is 17.5 Å². The number of ether oxygens (including phenoxy) is 1. The number of hydrogen-bond acceptors (Lipinski definition) is 8. The summed E-state index contributed by atoms with van der Waals surface area (Å²) in [5.41, 5.74) is 1.74. The van der Waals surface area contributed by atoms with Gasteiger partial charge < -0.3 is 4.74 Å². The van der Waals surface area contributed by atoms with Crippen molar-refractivity contribution in [2.45, 2.75) is 24.8 Å². The van der Waals surface area contributed by atoms with Crippen molar-refractivity contribution in [1.29, 1.82) is 5.26 Å². The first-order valence-electron chi connectivity index (χ1n) is 8.59. The first-order valence-corrected chi connectivity index (χ1v) is 10.9. The summed E-state index contributed by atoms with van der Waals surface area (Å²) in [6.45, 7) is 3.36. The van der Waals surface area contributed by atoms with E-state index < -0.39 is 21.0 Å². The zero-order valence-electron chi connectivity index (χ0n) is 16.2. The van der Waals surface area contributed by atoms with Crippen molar-refractivity contribution in [2.75, 3.05) is 12.1 Å². The summed E-state index contributed by atoms with van der Waals surface area (Å²) in [5, 5.41) is 22.6. The van der Waals surface area contributed by atoms with Crippen LogP contribution in [0.1, 0.15) is 11.1 Å². The number of benzene rings is 2. The number of hydrogen-bond donors (Lipinski definition) is 0. The molecule has 0 aromatic heterocycles. The summed E-state index contributed by atoms with van der Waals surface area (Å²) >= 11 is 0. The number of para-hydroxylation sites is 1. The van der Waals surface area contributed by atoms with E-state index in [9.17, 15) is 18.5 Å². The molecule has 1 aliphatic heterocycles. The molecule has 1 aliphatic rings. The molecular weight excluding hydrogens is 430 g/mol. The summed E-state index contributed by atoms with van der Waals surface area (Å²) in [6, 6.07) is 10.4. The van der Waals surface area contributed by atoms with E-state index in [0.29, 0.717) is 11.3 Å². The standard InChI is InChI=1S/C19H16ClN5O4S/c1-11-6-4-5-7-15(11)25-19(26)18(14(10-21)24-25)23-22-13-8-12(2)17(30(20,27)28)9-16(13)29-3/h4-9,18H,1-3H3. The van der Waals surface area contributed by atoms with Gasteiger partial charge >= 0.3 is 0 Å². The molecule has 154 valence electrons. The SMILES string of the molecule is COc1cc(S(=O)(=O)Cl)c(C)cc1N=NC1C(=O)N(c2ccccc2C)N=C1C#N. The summed E-state index contributed by atoms with van der Waals surface area (Å²) in [6.07, 6.45) is 0. The van der Waals surface area contributed by atoms with Gasteiger partial charge in [-0.3, -0.25) is 4.79 Å². The number of nitrogens with zero attached hydrogens (tertiary/aromatic N) is 5. The smallest absolute Gasteiger partial charge is 0.281 e. The minimum absolute atomic E-state index is 0.0974. The van der Waals surface area contributed by atoms with Gasteiger partial charge in [0.25, 0.3) is 15.0 Å². The van der Waals surface area contributed by atoms with Crippen LogP contribution in [-0.2, 0) is 13.8 Å². The first kappa shape index (κ1) is 21.4. The lowest BCUT2D eigenvalue weighted by Gasteiger charge is -2.14. The van der Waals surface area contributed by atoms with Gasteiger partial charge in [0.05, 0.1) is 17.7 Å². The van der Waals surface area contributed by atoms with Crippen LogP contribution in [0.5, 0.6) is 5.75 Å². The van der Waals surface area contributed by atoms with Crippen LogP contribution in [-0.4, -0.2) is 33.2 Å². The van der Waals surface area contributed by atoms with Crippen LogP contribution >= 0.6 is 10.7 Å². The third-order valence-corrected chi connectivity index (χ3v) is 5.85. The largest absolute Gasteiger partial charge is 0.494 e. The fourth-order valence-corrected chi connectivity index (χ4v) is 4.07. The Kier molecular flexibility index (Phi) is 5.87. The summed E-state index contributed by atoms with van der Waals surface area (Å²) in [5.74, 6) is -0.430. The van der Waals surface area contributed by atoms with E-state index in [4.69, 9.17) is 15.4 Å². The van der Waals surface area contributed by atoms with Gasteiger partial charge in [0.15, 0.2) is 5.71 Å². The average Bonchev–Trinajstić information content (AvgIpc) is 3.01. The van der Waals surface area contributed by atoms with Crippen LogP contribution in [0.25, 0.3) is 0 Å². The number of hydrazone groups is 1. The molecule has 1 unspecified atom stereocenters. The summed E-state index contributed by atoms with van der Waals surface area (Å²) in [7, 11) is 2.78. The van der Waals surface area contributed by atoms with Crippen LogP contribution in [0, 0.1) is 25.2 Å². The second kappa shape index (κ2) is 8.22. The number of carbonyl (C=O) groups excluding carboxylic acids is 1. The molecule has 1 heterocycles. The second-order valence-corrected chi connectivity index (χ2v) is 8.91. The van der Waals surface area contributed by atoms with Crippen molar-refractivity contribution in [3.05, 3.63) is 47.5 Å². The van der Waals surface area contributed by atoms with Crippen LogP contribution in [0.15, 0.2) is 56.6 Å². The Bertz CT molecular complexity index is 1230. The molecule has 0 saturated heterocycles. The van der Waals surface area contributed by atoms with E-state index in [1.807, 2.05) is 25.1 Å². The van der Waals surface area contributed by atoms with E-state index in [0.717, 1.165) is 10.6 Å². The maximum Gasteiger partial charge on any atom is 0.281 e. The number of azo groups is 1. The van der Waals surface area contributed by atoms with E-state index in [2.05, 4.69) is 15.3 Å². The lowest BCUT2D eigenvalue weighted by Crippen LogP contribution is -2.30. The van der Waals surface area contributed by atoms with Crippen molar-refractivity contribution < 1.29 is 17.9 Å². The molecule has 3 rings (SSSR count). The first-order chi connectivity index (χ1) is 14.2. The number of anilines is 1. The number of aryl methyl sites for hydroxylation is 2. The highest BCUT2D eigenvalue weighted by molar-refractivity contribution is 8.13. The molecule has 0 spiro atoms. The maximum absolute atomic E-state index is 12.8. The molecule has 30 heavy (non-hydrogen) atoms. The minimum Gasteiger partial charge on any atom is -0.494 e. The van der Waals surface area contributed by atoms with Gasteiger partial charge in [-0.1, -0.05) is 18.2 Å². The predicted octanol–water partition coefficient (Wildman–Crippen LogP) is 3.62. The second-order valence-electron chi connectivity index (χ2n) is 6.38. The fourth-order valence-electron chi connectivity index (χ4n) is 2.88. The van der Waals surface area contributed by atoms with Gasteiger partial charge in [0.2, 0.25) is 6.04 Å². The highest BCUT2D eigenvalue weighted by Crippen LogP contribution is 2.35. The number of carbonyl (C=O) groups is 1. The number of methoxy groups -OCH3 is 1. The summed E-state index contributed by atoms with van der Waals surface area (Å²) in [4.78, 5) is 12.7. The van der Waals surface area contributed by atoms with Crippen LogP contribution in [0.4, 0.5) is 11.4 Å². The Balaban J connectivity index is 1.97. The van der Waals surface area contributed by atoms with Gasteiger partial charge in [-0.05, 0) is 37.1 Å². The number of halogens is 1. The van der Waals surface area contributed by atoms with Crippen molar-refractivity contribution in [3.63, 3.8) is 0 Å². The molecule has 2 aromatic rings. The minimum atomic E-state index is -3.98. The third-order valence-electron chi connectivity index (χ3n) is 4.39. The lowest BCUT2D eigenvalue weighted by atomic mass is 10.1. The van der Waals surface area contributed by atoms with Crippen molar-refractivity contribution >= 4 is 42.7 Å². The van der Waals surface area contributed by atoms with E-state index in [1.165, 1.54) is 26.2 Å². The highest BCUT2D eigenvalue weighted by atomic mass is 35.7. The fraction of sp³-hybridized carbons (Fsp3) is 0.211. The molecule has 0 aliphatic carbocycles. The highest BCUT2D eigenvalue weighted by Gasteiger charge is 2.38. The van der Waals surface area contributed by atoms with Crippen molar-refractivity contribution in [2.24, 2.45) is 15.3 Å². The number of rotatable bonds is 5. The van der Waals surface area contributed by atoms with E-state index >= 15 is 0 Å². The Morgan fingerprint density at radius 1 is 1.23 bits per heavy atom. The molecule has 2 aromatic carbocycles. The Morgan fingerprint density at radius 3 is 2.53 bits per heavy atom. The predicted molar refractivity (Wildman–Crippen MR) is 111 cm³/mol. The number of amides is 1. The molecule has 0 saturated carbocycles. The molecule has 0 radical (unpaired) electrons. The molecule has 9 nitrogen and oxygen atoms in total. The molecule has 0 bridgehead atoms. The van der Waals surface area contributed by atoms with Gasteiger partial charge in [0, 0.05) is 16.7 Å². The molecule has 1 atom stereocenters. The van der Waals surface area contributed by atoms with Crippen LogP contribution in [0.3, 0.4) is 0 Å². The van der Waals surface area contributed by atoms with Crippen molar-refractivity contribution in [3.8, 4) is 11.8 Å². The molecular formula is C19H16ClN5O4S. The quantitative estimate of drug-likeness (QED) is 0.513. The maximum atomic E-state index is 12.8. The Morgan fingerprint density at radius 2 is 1.93 bits per heavy atom. The molecule has 0 N–H and O–H groups in total. The van der Waals surface area contributed by atoms with Gasteiger partial charge in [-0.2, -0.15) is 25.6 Å². The van der Waals surface area contributed by atoms with Crippen molar-refractivity contribution in [1.82, 2.24) is 0 Å². The lowest BCUT2D eigenvalue weighted by molar-refractivity contribution is -0.117. The zero-order chi connectivity index (χ0) is 22.1. The molecule has 0 fully saturated rings. The normalized spacial score (nSPS) is 16.6. The topological polar surface area (TPSA) is 125 Å².